The van der Waals surface area contributed by atoms with Gasteiger partial charge in [0.2, 0.25) is 5.91 Å². The summed E-state index contributed by atoms with van der Waals surface area (Å²) in [6, 6.07) is 11.4. The largest absolute Gasteiger partial charge is 0.478 e. The number of amides is 2. The van der Waals surface area contributed by atoms with Gasteiger partial charge in [0.1, 0.15) is 5.76 Å². The van der Waals surface area contributed by atoms with E-state index in [1.165, 1.54) is 11.8 Å². The Labute approximate surface area is 185 Å². The summed E-state index contributed by atoms with van der Waals surface area (Å²) < 4.78 is 4.88. The number of carboxylic acid groups (broad SMARTS) is 2. The maximum atomic E-state index is 12.5. The minimum absolute atomic E-state index is 0.134. The summed E-state index contributed by atoms with van der Waals surface area (Å²) in [7, 11) is 0. The molecule has 3 rings (SSSR count). The summed E-state index contributed by atoms with van der Waals surface area (Å²) >= 11 is 1.27. The fourth-order valence-corrected chi connectivity index (χ4v) is 3.34. The summed E-state index contributed by atoms with van der Waals surface area (Å²) in [5.41, 5.74) is -0.410. The Morgan fingerprint density at radius 2 is 1.66 bits per heavy atom. The van der Waals surface area contributed by atoms with Crippen LogP contribution in [0, 0.1) is 6.92 Å². The molecule has 0 bridgehead atoms. The van der Waals surface area contributed by atoms with Crippen molar-refractivity contribution in [3.8, 4) is 0 Å². The fourth-order valence-electron chi connectivity index (χ4n) is 2.64. The van der Waals surface area contributed by atoms with Crippen LogP contribution in [-0.4, -0.2) is 44.9 Å². The Morgan fingerprint density at radius 1 is 0.938 bits per heavy atom. The van der Waals surface area contributed by atoms with Crippen molar-refractivity contribution in [2.24, 2.45) is 0 Å². The van der Waals surface area contributed by atoms with Gasteiger partial charge in [-0.15, -0.1) is 11.8 Å². The average molecular weight is 455 g/mol. The van der Waals surface area contributed by atoms with Crippen LogP contribution < -0.4 is 10.6 Å². The third-order valence-corrected chi connectivity index (χ3v) is 5.13. The van der Waals surface area contributed by atoms with Crippen molar-refractivity contribution in [1.82, 2.24) is 5.16 Å². The number of nitrogens with zero attached hydrogens (tertiary/aromatic N) is 1. The molecule has 1 heterocycles. The Hall–Kier alpha value is -4.12. The van der Waals surface area contributed by atoms with E-state index in [0.29, 0.717) is 17.3 Å². The molecule has 4 N–H and O–H groups in total. The molecule has 0 unspecified atom stereocenters. The van der Waals surface area contributed by atoms with Crippen molar-refractivity contribution >= 4 is 47.0 Å². The topological polar surface area (TPSA) is 159 Å². The second kappa shape index (κ2) is 9.79. The molecule has 3 aromatic rings. The smallest absolute Gasteiger partial charge is 0.336 e. The third kappa shape index (κ3) is 5.73. The lowest BCUT2D eigenvalue weighted by atomic mass is 10.0. The Kier molecular flexibility index (Phi) is 6.90. The van der Waals surface area contributed by atoms with Gasteiger partial charge in [-0.1, -0.05) is 5.16 Å². The third-order valence-electron chi connectivity index (χ3n) is 4.12. The van der Waals surface area contributed by atoms with Crippen LogP contribution in [0.3, 0.4) is 0 Å². The molecule has 0 spiro atoms. The second-order valence-corrected chi connectivity index (χ2v) is 7.56. The van der Waals surface area contributed by atoms with Gasteiger partial charge in [-0.05, 0) is 49.4 Å². The molecule has 0 aliphatic rings. The first-order valence-corrected chi connectivity index (χ1v) is 10.1. The number of aromatic carboxylic acids is 2. The first kappa shape index (κ1) is 22.6. The molecule has 2 aromatic carbocycles. The van der Waals surface area contributed by atoms with E-state index in [1.54, 1.807) is 37.3 Å². The summed E-state index contributed by atoms with van der Waals surface area (Å²) in [6.45, 7) is 1.71. The van der Waals surface area contributed by atoms with Gasteiger partial charge in [-0.25, -0.2) is 9.59 Å². The number of carbonyl (C=O) groups excluding carboxylic acids is 2. The molecular formula is C21H17N3O7S. The van der Waals surface area contributed by atoms with E-state index >= 15 is 0 Å². The summed E-state index contributed by atoms with van der Waals surface area (Å²) in [5.74, 6) is -2.60. The predicted molar refractivity (Wildman–Crippen MR) is 115 cm³/mol. The maximum Gasteiger partial charge on any atom is 0.336 e. The number of thioether (sulfide) groups is 1. The van der Waals surface area contributed by atoms with Gasteiger partial charge in [-0.3, -0.25) is 9.59 Å². The Morgan fingerprint density at radius 3 is 2.25 bits per heavy atom. The molecule has 0 aliphatic carbocycles. The second-order valence-electron chi connectivity index (χ2n) is 6.51. The van der Waals surface area contributed by atoms with Crippen LogP contribution >= 0.6 is 11.8 Å². The standard InChI is InChI=1S/C21H17N3O7S/c1-11-8-17(24-31-11)23-18(25)10-32-14-5-3-13(4-6-14)22-19(26)15-7-2-12(20(27)28)9-16(15)21(29)30/h2-9H,10H2,1H3,(H,22,26)(H,27,28)(H,29,30)(H,23,24,25). The number of nitrogens with one attached hydrogen (secondary N) is 2. The van der Waals surface area contributed by atoms with Gasteiger partial charge in [-0.2, -0.15) is 0 Å². The SMILES string of the molecule is Cc1cc(NC(=O)CSc2ccc(NC(=O)c3ccc(C(=O)O)cc3C(=O)O)cc2)no1. The van der Waals surface area contributed by atoms with Crippen molar-refractivity contribution in [1.29, 1.82) is 0 Å². The number of aryl methyl sites for hydroxylation is 1. The zero-order chi connectivity index (χ0) is 23.3. The van der Waals surface area contributed by atoms with E-state index in [2.05, 4.69) is 15.8 Å². The Balaban J connectivity index is 1.60. The monoisotopic (exact) mass is 455 g/mol. The van der Waals surface area contributed by atoms with Crippen molar-refractivity contribution in [3.63, 3.8) is 0 Å². The van der Waals surface area contributed by atoms with E-state index in [-0.39, 0.29) is 22.8 Å². The molecule has 0 saturated heterocycles. The highest BCUT2D eigenvalue weighted by Gasteiger charge is 2.19. The average Bonchev–Trinajstić information content (AvgIpc) is 3.17. The highest BCUT2D eigenvalue weighted by atomic mass is 32.2. The van der Waals surface area contributed by atoms with E-state index < -0.39 is 23.4 Å². The van der Waals surface area contributed by atoms with Crippen LogP contribution in [0.1, 0.15) is 36.8 Å². The van der Waals surface area contributed by atoms with Crippen LogP contribution in [0.15, 0.2) is 57.9 Å². The lowest BCUT2D eigenvalue weighted by Crippen LogP contribution is -2.17. The number of hydrogen-bond donors (Lipinski definition) is 4. The molecular weight excluding hydrogens is 438 g/mol. The van der Waals surface area contributed by atoms with Gasteiger partial charge >= 0.3 is 11.9 Å². The number of carbonyl (C=O) groups is 4. The van der Waals surface area contributed by atoms with Gasteiger partial charge in [0.05, 0.1) is 22.4 Å². The van der Waals surface area contributed by atoms with Crippen molar-refractivity contribution in [2.45, 2.75) is 11.8 Å². The molecule has 0 saturated carbocycles. The molecule has 1 aromatic heterocycles. The molecule has 0 aliphatic heterocycles. The van der Waals surface area contributed by atoms with E-state index in [1.807, 2.05) is 0 Å². The minimum atomic E-state index is -1.41. The summed E-state index contributed by atoms with van der Waals surface area (Å²) in [5, 5.41) is 27.2. The number of anilines is 2. The number of hydrogen-bond acceptors (Lipinski definition) is 7. The molecule has 10 nitrogen and oxygen atoms in total. The highest BCUT2D eigenvalue weighted by molar-refractivity contribution is 8.00. The number of carboxylic acids is 2. The normalized spacial score (nSPS) is 10.4. The quantitative estimate of drug-likeness (QED) is 0.374. The number of rotatable bonds is 8. The molecule has 32 heavy (non-hydrogen) atoms. The zero-order valence-electron chi connectivity index (χ0n) is 16.6. The van der Waals surface area contributed by atoms with Crippen LogP contribution in [0.5, 0.6) is 0 Å². The lowest BCUT2D eigenvalue weighted by molar-refractivity contribution is -0.113. The summed E-state index contributed by atoms with van der Waals surface area (Å²) in [6.07, 6.45) is 0. The molecule has 0 radical (unpaired) electrons. The Bertz CT molecular complexity index is 1190. The first-order valence-electron chi connectivity index (χ1n) is 9.11. The van der Waals surface area contributed by atoms with E-state index in [9.17, 15) is 24.3 Å². The molecule has 164 valence electrons. The zero-order valence-corrected chi connectivity index (χ0v) is 17.4. The van der Waals surface area contributed by atoms with Crippen molar-refractivity contribution < 1.29 is 33.9 Å². The maximum absolute atomic E-state index is 12.5. The number of benzene rings is 2. The van der Waals surface area contributed by atoms with Gasteiger partial charge in [0, 0.05) is 16.6 Å². The van der Waals surface area contributed by atoms with Gasteiger partial charge < -0.3 is 25.4 Å². The van der Waals surface area contributed by atoms with E-state index in [0.717, 1.165) is 23.1 Å². The van der Waals surface area contributed by atoms with Crippen LogP contribution in [0.25, 0.3) is 0 Å². The predicted octanol–water partition coefficient (Wildman–Crippen LogP) is 3.36. The first-order chi connectivity index (χ1) is 15.2. The van der Waals surface area contributed by atoms with Crippen LogP contribution in [0.4, 0.5) is 11.5 Å². The summed E-state index contributed by atoms with van der Waals surface area (Å²) in [4.78, 5) is 47.7. The van der Waals surface area contributed by atoms with E-state index in [4.69, 9.17) is 9.63 Å². The molecule has 11 heteroatoms. The van der Waals surface area contributed by atoms with Gasteiger partial charge in [0.15, 0.2) is 5.82 Å². The fraction of sp³-hybridized carbons (Fsp3) is 0.0952. The van der Waals surface area contributed by atoms with Crippen LogP contribution in [0.2, 0.25) is 0 Å². The molecule has 0 fully saturated rings. The van der Waals surface area contributed by atoms with Crippen molar-refractivity contribution in [2.75, 3.05) is 16.4 Å². The number of aromatic nitrogens is 1. The lowest BCUT2D eigenvalue weighted by Gasteiger charge is -2.09. The van der Waals surface area contributed by atoms with Crippen LogP contribution in [-0.2, 0) is 4.79 Å². The molecule has 2 amide bonds. The highest BCUT2D eigenvalue weighted by Crippen LogP contribution is 2.22. The van der Waals surface area contributed by atoms with Crippen molar-refractivity contribution in [3.05, 3.63) is 71.0 Å². The molecule has 0 atom stereocenters. The van der Waals surface area contributed by atoms with Gasteiger partial charge in [0.25, 0.3) is 5.91 Å². The minimum Gasteiger partial charge on any atom is -0.478 e.